The van der Waals surface area contributed by atoms with E-state index in [1.54, 1.807) is 18.0 Å². The highest BCUT2D eigenvalue weighted by Gasteiger charge is 2.40. The molecule has 2 unspecified atom stereocenters. The number of methoxy groups -OCH3 is 1. The van der Waals surface area contributed by atoms with Gasteiger partial charge in [-0.3, -0.25) is 4.79 Å². The van der Waals surface area contributed by atoms with Crippen LogP contribution in [0, 0.1) is 0 Å². The molecule has 1 aromatic heterocycles. The lowest BCUT2D eigenvalue weighted by molar-refractivity contribution is -0.148. The molecule has 0 aliphatic heterocycles. The Balaban J connectivity index is 2.06. The highest BCUT2D eigenvalue weighted by molar-refractivity contribution is 9.10. The van der Waals surface area contributed by atoms with Crippen molar-refractivity contribution in [2.75, 3.05) is 7.11 Å². The SMILES string of the molecule is COC(=O)C1(N)CCCC(Sc2ncccc2Br)C1. The topological polar surface area (TPSA) is 65.2 Å². The van der Waals surface area contributed by atoms with Gasteiger partial charge in [-0.1, -0.05) is 0 Å². The third-order valence-corrected chi connectivity index (χ3v) is 5.52. The van der Waals surface area contributed by atoms with Crippen LogP contribution in [-0.4, -0.2) is 28.9 Å². The van der Waals surface area contributed by atoms with E-state index in [2.05, 4.69) is 20.9 Å². The lowest BCUT2D eigenvalue weighted by Crippen LogP contribution is -2.52. The zero-order valence-corrected chi connectivity index (χ0v) is 13.2. The zero-order valence-electron chi connectivity index (χ0n) is 10.8. The third-order valence-electron chi connectivity index (χ3n) is 3.34. The number of rotatable bonds is 3. The molecule has 6 heteroatoms. The van der Waals surface area contributed by atoms with E-state index in [9.17, 15) is 4.79 Å². The highest BCUT2D eigenvalue weighted by Crippen LogP contribution is 2.39. The first kappa shape index (κ1) is 14.8. The van der Waals surface area contributed by atoms with Crippen LogP contribution < -0.4 is 5.73 Å². The van der Waals surface area contributed by atoms with Crippen molar-refractivity contribution >= 4 is 33.7 Å². The Labute approximate surface area is 125 Å². The predicted octanol–water partition coefficient (Wildman–Crippen LogP) is 2.75. The first-order valence-corrected chi connectivity index (χ1v) is 7.87. The molecule has 2 rings (SSSR count). The van der Waals surface area contributed by atoms with E-state index in [0.717, 1.165) is 22.3 Å². The second-order valence-electron chi connectivity index (χ2n) is 4.77. The average Bonchev–Trinajstić information content (AvgIpc) is 2.40. The first-order valence-electron chi connectivity index (χ1n) is 6.19. The minimum atomic E-state index is -0.841. The molecule has 1 aliphatic carbocycles. The van der Waals surface area contributed by atoms with Crippen LogP contribution in [0.5, 0.6) is 0 Å². The van der Waals surface area contributed by atoms with Crippen molar-refractivity contribution in [2.45, 2.75) is 41.5 Å². The van der Waals surface area contributed by atoms with E-state index in [0.29, 0.717) is 18.1 Å². The average molecular weight is 345 g/mol. The Morgan fingerprint density at radius 3 is 3.16 bits per heavy atom. The number of halogens is 1. The lowest BCUT2D eigenvalue weighted by atomic mass is 9.82. The van der Waals surface area contributed by atoms with Gasteiger partial charge < -0.3 is 10.5 Å². The summed E-state index contributed by atoms with van der Waals surface area (Å²) in [6, 6.07) is 3.85. The number of carbonyl (C=O) groups excluding carboxylic acids is 1. The fourth-order valence-corrected chi connectivity index (χ4v) is 4.18. The van der Waals surface area contributed by atoms with E-state index in [1.807, 2.05) is 12.1 Å². The van der Waals surface area contributed by atoms with Gasteiger partial charge in [0.2, 0.25) is 0 Å². The van der Waals surface area contributed by atoms with Crippen LogP contribution in [0.3, 0.4) is 0 Å². The molecular weight excluding hydrogens is 328 g/mol. The van der Waals surface area contributed by atoms with Crippen molar-refractivity contribution in [1.29, 1.82) is 0 Å². The second-order valence-corrected chi connectivity index (χ2v) is 6.92. The summed E-state index contributed by atoms with van der Waals surface area (Å²) < 4.78 is 5.79. The molecule has 19 heavy (non-hydrogen) atoms. The number of carbonyl (C=O) groups is 1. The summed E-state index contributed by atoms with van der Waals surface area (Å²) in [4.78, 5) is 16.1. The van der Waals surface area contributed by atoms with E-state index in [4.69, 9.17) is 10.5 Å². The predicted molar refractivity (Wildman–Crippen MR) is 79.0 cm³/mol. The Morgan fingerprint density at radius 2 is 2.47 bits per heavy atom. The van der Waals surface area contributed by atoms with Crippen LogP contribution in [0.1, 0.15) is 25.7 Å². The molecule has 4 nitrogen and oxygen atoms in total. The van der Waals surface area contributed by atoms with Crippen molar-refractivity contribution in [3.8, 4) is 0 Å². The van der Waals surface area contributed by atoms with Crippen molar-refractivity contribution < 1.29 is 9.53 Å². The van der Waals surface area contributed by atoms with Gasteiger partial charge in [-0.15, -0.1) is 11.8 Å². The van der Waals surface area contributed by atoms with Gasteiger partial charge in [0.1, 0.15) is 10.6 Å². The van der Waals surface area contributed by atoms with Crippen molar-refractivity contribution in [1.82, 2.24) is 4.98 Å². The van der Waals surface area contributed by atoms with Crippen LogP contribution in [0.25, 0.3) is 0 Å². The van der Waals surface area contributed by atoms with Crippen molar-refractivity contribution in [3.05, 3.63) is 22.8 Å². The Kier molecular flexibility index (Phi) is 4.86. The smallest absolute Gasteiger partial charge is 0.325 e. The summed E-state index contributed by atoms with van der Waals surface area (Å²) in [5.41, 5.74) is 5.33. The molecule has 1 aliphatic rings. The maximum absolute atomic E-state index is 11.8. The van der Waals surface area contributed by atoms with Crippen molar-refractivity contribution in [3.63, 3.8) is 0 Å². The molecular formula is C13H17BrN2O2S. The van der Waals surface area contributed by atoms with Gasteiger partial charge >= 0.3 is 5.97 Å². The number of hydrogen-bond acceptors (Lipinski definition) is 5. The lowest BCUT2D eigenvalue weighted by Gasteiger charge is -2.35. The Hall–Kier alpha value is -0.590. The van der Waals surface area contributed by atoms with Crippen LogP contribution in [0.15, 0.2) is 27.8 Å². The van der Waals surface area contributed by atoms with E-state index >= 15 is 0 Å². The maximum Gasteiger partial charge on any atom is 0.325 e. The van der Waals surface area contributed by atoms with Crippen LogP contribution >= 0.6 is 27.7 Å². The monoisotopic (exact) mass is 344 g/mol. The maximum atomic E-state index is 11.8. The van der Waals surface area contributed by atoms with Gasteiger partial charge in [-0.05, 0) is 53.7 Å². The number of aromatic nitrogens is 1. The van der Waals surface area contributed by atoms with Crippen molar-refractivity contribution in [2.24, 2.45) is 5.73 Å². The fourth-order valence-electron chi connectivity index (χ4n) is 2.36. The second kappa shape index (κ2) is 6.24. The molecule has 1 saturated carbocycles. The van der Waals surface area contributed by atoms with Gasteiger partial charge in [0, 0.05) is 15.9 Å². The van der Waals surface area contributed by atoms with Gasteiger partial charge in [0.15, 0.2) is 0 Å². The first-order chi connectivity index (χ1) is 9.05. The molecule has 2 atom stereocenters. The van der Waals surface area contributed by atoms with E-state index < -0.39 is 5.54 Å². The summed E-state index contributed by atoms with van der Waals surface area (Å²) in [5.74, 6) is -0.308. The van der Waals surface area contributed by atoms with Crippen LogP contribution in [0.4, 0.5) is 0 Å². The van der Waals surface area contributed by atoms with Crippen LogP contribution in [-0.2, 0) is 9.53 Å². The quantitative estimate of drug-likeness (QED) is 0.854. The summed E-state index contributed by atoms with van der Waals surface area (Å²) >= 11 is 5.16. The number of nitrogens with zero attached hydrogens (tertiary/aromatic N) is 1. The number of thioether (sulfide) groups is 1. The normalized spacial score (nSPS) is 27.0. The van der Waals surface area contributed by atoms with Gasteiger partial charge in [0.25, 0.3) is 0 Å². The standard InChI is InChI=1S/C13H17BrN2O2S/c1-18-12(17)13(15)6-2-4-9(8-13)19-11-10(14)5-3-7-16-11/h3,5,7,9H,2,4,6,8,15H2,1H3. The molecule has 1 fully saturated rings. The number of esters is 1. The number of hydrogen-bond donors (Lipinski definition) is 1. The Bertz CT molecular complexity index is 472. The zero-order chi connectivity index (χ0) is 13.9. The summed E-state index contributed by atoms with van der Waals surface area (Å²) in [7, 11) is 1.39. The van der Waals surface area contributed by atoms with Crippen LogP contribution in [0.2, 0.25) is 0 Å². The van der Waals surface area contributed by atoms with Gasteiger partial charge in [-0.25, -0.2) is 4.98 Å². The van der Waals surface area contributed by atoms with Gasteiger partial charge in [0.05, 0.1) is 7.11 Å². The summed E-state index contributed by atoms with van der Waals surface area (Å²) in [5, 5.41) is 1.24. The summed E-state index contributed by atoms with van der Waals surface area (Å²) in [6.45, 7) is 0. The molecule has 2 N–H and O–H groups in total. The molecule has 1 heterocycles. The van der Waals surface area contributed by atoms with Gasteiger partial charge in [-0.2, -0.15) is 0 Å². The van der Waals surface area contributed by atoms with E-state index in [-0.39, 0.29) is 5.97 Å². The third kappa shape index (κ3) is 3.49. The highest BCUT2D eigenvalue weighted by atomic mass is 79.9. The fraction of sp³-hybridized carbons (Fsp3) is 0.538. The number of ether oxygens (including phenoxy) is 1. The molecule has 0 spiro atoms. The molecule has 0 saturated heterocycles. The minimum Gasteiger partial charge on any atom is -0.468 e. The Morgan fingerprint density at radius 1 is 1.68 bits per heavy atom. The molecule has 0 aromatic carbocycles. The molecule has 1 aromatic rings. The molecule has 0 amide bonds. The minimum absolute atomic E-state index is 0.295. The molecule has 0 bridgehead atoms. The molecule has 104 valence electrons. The molecule has 0 radical (unpaired) electrons. The summed E-state index contributed by atoms with van der Waals surface area (Å²) in [6.07, 6.45) is 5.08. The van der Waals surface area contributed by atoms with E-state index in [1.165, 1.54) is 7.11 Å². The number of nitrogens with two attached hydrogens (primary N) is 1. The number of pyridine rings is 1. The largest absolute Gasteiger partial charge is 0.468 e.